The number of unbranched alkanes of at least 4 members (excludes halogenated alkanes) is 29. The van der Waals surface area contributed by atoms with Gasteiger partial charge in [0.25, 0.3) is 0 Å². The molecule has 0 saturated carbocycles. The average molecular weight is 975 g/mol. The van der Waals surface area contributed by atoms with E-state index in [1.165, 1.54) is 161 Å². The van der Waals surface area contributed by atoms with Crippen LogP contribution in [0.2, 0.25) is 0 Å². The van der Waals surface area contributed by atoms with Crippen molar-refractivity contribution in [1.82, 2.24) is 0 Å². The molecule has 11 unspecified atom stereocenters. The van der Waals surface area contributed by atoms with Crippen LogP contribution in [0.1, 0.15) is 226 Å². The summed E-state index contributed by atoms with van der Waals surface area (Å²) in [5.74, 6) is -0.373. The van der Waals surface area contributed by atoms with Crippen LogP contribution in [-0.4, -0.2) is 142 Å². The van der Waals surface area contributed by atoms with Crippen molar-refractivity contribution in [2.45, 2.75) is 293 Å². The van der Waals surface area contributed by atoms with Gasteiger partial charge in [-0.1, -0.05) is 193 Å². The molecule has 0 aromatic heterocycles. The number of ether oxygens (including phenoxy) is 6. The number of aliphatic hydroxyl groups excluding tert-OH is 7. The first-order chi connectivity index (χ1) is 33.1. The molecule has 7 N–H and O–H groups in total. The van der Waals surface area contributed by atoms with Gasteiger partial charge in [-0.25, -0.2) is 0 Å². The van der Waals surface area contributed by atoms with Crippen molar-refractivity contribution in [3.63, 3.8) is 0 Å². The Hall–Kier alpha value is -1.27. The van der Waals surface area contributed by atoms with Gasteiger partial charge in [0, 0.05) is 13.0 Å². The lowest BCUT2D eigenvalue weighted by atomic mass is 9.98. The molecule has 0 bridgehead atoms. The van der Waals surface area contributed by atoms with Gasteiger partial charge in [0.2, 0.25) is 0 Å². The largest absolute Gasteiger partial charge is 0.457 e. The monoisotopic (exact) mass is 975 g/mol. The lowest BCUT2D eigenvalue weighted by Crippen LogP contribution is -2.61. The van der Waals surface area contributed by atoms with E-state index in [0.29, 0.717) is 13.0 Å². The van der Waals surface area contributed by atoms with Crippen molar-refractivity contribution in [2.24, 2.45) is 0 Å². The van der Waals surface area contributed by atoms with Gasteiger partial charge in [0.05, 0.1) is 26.4 Å². The summed E-state index contributed by atoms with van der Waals surface area (Å²) in [6, 6.07) is 0. The standard InChI is InChI=1S/C54H102O14/c1-3-5-7-9-11-13-15-16-17-18-19-20-21-22-23-24-25-26-27-29-31-33-35-37-46(56)66-43(40-63-38-36-34-32-30-28-14-12-10-8-6-4-2)41-64-53-52(62)50(60)48(58)45(68-53)42-65-54-51(61)49(59)47(57)44(39-55)67-54/h18-19,43-45,47-55,57-62H,3-17,20-42H2,1-2H3/b19-18-. The van der Waals surface area contributed by atoms with Crippen LogP contribution in [-0.2, 0) is 33.2 Å². The third kappa shape index (κ3) is 29.3. The first kappa shape index (κ1) is 62.8. The van der Waals surface area contributed by atoms with Gasteiger partial charge in [-0.15, -0.1) is 0 Å². The van der Waals surface area contributed by atoms with Crippen LogP contribution in [0.5, 0.6) is 0 Å². The Bertz CT molecular complexity index is 1180. The maximum Gasteiger partial charge on any atom is 0.306 e. The number of carbonyl (C=O) groups is 1. The van der Waals surface area contributed by atoms with Crippen LogP contribution in [0.15, 0.2) is 12.2 Å². The van der Waals surface area contributed by atoms with E-state index in [1.54, 1.807) is 0 Å². The zero-order chi connectivity index (χ0) is 49.5. The molecule has 14 heteroatoms. The smallest absolute Gasteiger partial charge is 0.306 e. The average Bonchev–Trinajstić information content (AvgIpc) is 3.33. The topological polar surface area (TPSA) is 214 Å². The van der Waals surface area contributed by atoms with Gasteiger partial charge >= 0.3 is 5.97 Å². The van der Waals surface area contributed by atoms with E-state index in [2.05, 4.69) is 26.0 Å². The van der Waals surface area contributed by atoms with Gasteiger partial charge in [0.15, 0.2) is 12.6 Å². The quantitative estimate of drug-likeness (QED) is 0.0172. The third-order valence-electron chi connectivity index (χ3n) is 13.5. The second-order valence-corrected chi connectivity index (χ2v) is 19.8. The van der Waals surface area contributed by atoms with Crippen LogP contribution >= 0.6 is 0 Å². The van der Waals surface area contributed by atoms with Gasteiger partial charge < -0.3 is 64.2 Å². The van der Waals surface area contributed by atoms with Gasteiger partial charge in [-0.05, 0) is 38.5 Å². The number of aliphatic hydroxyl groups is 7. The number of hydrogen-bond donors (Lipinski definition) is 7. The summed E-state index contributed by atoms with van der Waals surface area (Å²) in [5, 5.41) is 72.1. The zero-order valence-corrected chi connectivity index (χ0v) is 42.9. The van der Waals surface area contributed by atoms with Gasteiger partial charge in [0.1, 0.15) is 54.9 Å². The fourth-order valence-electron chi connectivity index (χ4n) is 8.99. The molecule has 2 rings (SSSR count). The minimum atomic E-state index is -1.70. The predicted molar refractivity (Wildman–Crippen MR) is 266 cm³/mol. The van der Waals surface area contributed by atoms with Crippen LogP contribution < -0.4 is 0 Å². The maximum atomic E-state index is 13.0. The van der Waals surface area contributed by atoms with Gasteiger partial charge in [-0.3, -0.25) is 4.79 Å². The molecule has 2 heterocycles. The molecule has 2 aliphatic rings. The van der Waals surface area contributed by atoms with Crippen LogP contribution in [0.25, 0.3) is 0 Å². The molecule has 402 valence electrons. The molecule has 0 radical (unpaired) electrons. The number of rotatable bonds is 45. The molecule has 2 fully saturated rings. The number of hydrogen-bond acceptors (Lipinski definition) is 14. The van der Waals surface area contributed by atoms with E-state index in [9.17, 15) is 40.5 Å². The molecular weight excluding hydrogens is 873 g/mol. The molecule has 68 heavy (non-hydrogen) atoms. The maximum absolute atomic E-state index is 13.0. The Morgan fingerprint density at radius 3 is 1.34 bits per heavy atom. The highest BCUT2D eigenvalue weighted by Crippen LogP contribution is 2.27. The summed E-state index contributed by atoms with van der Waals surface area (Å²) < 4.78 is 34.3. The Labute approximate surface area is 412 Å². The minimum Gasteiger partial charge on any atom is -0.457 e. The van der Waals surface area contributed by atoms with E-state index >= 15 is 0 Å². The molecule has 0 aromatic rings. The Morgan fingerprint density at radius 1 is 0.471 bits per heavy atom. The highest BCUT2D eigenvalue weighted by Gasteiger charge is 2.47. The lowest BCUT2D eigenvalue weighted by Gasteiger charge is -2.42. The van der Waals surface area contributed by atoms with Crippen molar-refractivity contribution in [3.8, 4) is 0 Å². The molecular formula is C54H102O14. The molecule has 2 saturated heterocycles. The fraction of sp³-hybridized carbons (Fsp3) is 0.944. The van der Waals surface area contributed by atoms with E-state index in [0.717, 1.165) is 38.5 Å². The van der Waals surface area contributed by atoms with Crippen LogP contribution in [0.4, 0.5) is 0 Å². The van der Waals surface area contributed by atoms with Crippen molar-refractivity contribution < 1.29 is 69.0 Å². The summed E-state index contributed by atoms with van der Waals surface area (Å²) in [5.41, 5.74) is 0. The molecule has 14 nitrogen and oxygen atoms in total. The lowest BCUT2D eigenvalue weighted by molar-refractivity contribution is -0.332. The van der Waals surface area contributed by atoms with Crippen molar-refractivity contribution >= 4 is 5.97 Å². The summed E-state index contributed by atoms with van der Waals surface area (Å²) in [6.45, 7) is 3.72. The fourth-order valence-corrected chi connectivity index (χ4v) is 8.99. The second kappa shape index (κ2) is 42.3. The summed E-state index contributed by atoms with van der Waals surface area (Å²) >= 11 is 0. The highest BCUT2D eigenvalue weighted by molar-refractivity contribution is 5.69. The van der Waals surface area contributed by atoms with Crippen LogP contribution in [0, 0.1) is 0 Å². The van der Waals surface area contributed by atoms with Gasteiger partial charge in [-0.2, -0.15) is 0 Å². The molecule has 0 aromatic carbocycles. The Kier molecular flexibility index (Phi) is 39.1. The Balaban J connectivity index is 1.69. The molecule has 0 spiro atoms. The summed E-state index contributed by atoms with van der Waals surface area (Å²) in [6.07, 6.45) is 28.5. The minimum absolute atomic E-state index is 0.0671. The molecule has 2 aliphatic heterocycles. The number of esters is 1. The highest BCUT2D eigenvalue weighted by atomic mass is 16.7. The number of carbonyl (C=O) groups excluding carboxylic acids is 1. The summed E-state index contributed by atoms with van der Waals surface area (Å²) in [7, 11) is 0. The van der Waals surface area contributed by atoms with E-state index in [-0.39, 0.29) is 25.6 Å². The van der Waals surface area contributed by atoms with Crippen molar-refractivity contribution in [1.29, 1.82) is 0 Å². The molecule has 11 atom stereocenters. The van der Waals surface area contributed by atoms with E-state index in [4.69, 9.17) is 28.4 Å². The zero-order valence-electron chi connectivity index (χ0n) is 42.9. The first-order valence-corrected chi connectivity index (χ1v) is 27.8. The van der Waals surface area contributed by atoms with E-state index in [1.807, 2.05) is 0 Å². The molecule has 0 amide bonds. The second-order valence-electron chi connectivity index (χ2n) is 19.8. The third-order valence-corrected chi connectivity index (χ3v) is 13.5. The van der Waals surface area contributed by atoms with Crippen LogP contribution in [0.3, 0.4) is 0 Å². The normalized spacial score (nSPS) is 25.9. The van der Waals surface area contributed by atoms with E-state index < -0.39 is 80.7 Å². The number of allylic oxidation sites excluding steroid dienone is 2. The summed E-state index contributed by atoms with van der Waals surface area (Å²) in [4.78, 5) is 13.0. The first-order valence-electron chi connectivity index (χ1n) is 27.8. The van der Waals surface area contributed by atoms with Crippen molar-refractivity contribution in [2.75, 3.05) is 33.0 Å². The SMILES string of the molecule is CCCCCCCCCC/C=C\CCCCCCCCCCCCCC(=O)OC(COCCCCCCCCCCCCC)COC1OC(COC2OC(CO)C(O)C(O)C2O)C(O)C(O)C1O. The predicted octanol–water partition coefficient (Wildman–Crippen LogP) is 9.02. The van der Waals surface area contributed by atoms with Crippen molar-refractivity contribution in [3.05, 3.63) is 12.2 Å². The Morgan fingerprint density at radius 2 is 0.868 bits per heavy atom. The molecule has 0 aliphatic carbocycles.